The molecule has 0 spiro atoms. The van der Waals surface area contributed by atoms with E-state index in [-0.39, 0.29) is 5.75 Å². The third kappa shape index (κ3) is 2.24. The Balaban J connectivity index is 2.01. The maximum absolute atomic E-state index is 9.54. The first-order valence-corrected chi connectivity index (χ1v) is 6.46. The van der Waals surface area contributed by atoms with Crippen molar-refractivity contribution in [1.29, 1.82) is 0 Å². The van der Waals surface area contributed by atoms with Crippen molar-refractivity contribution in [3.8, 4) is 5.75 Å². The molecule has 0 amide bonds. The summed E-state index contributed by atoms with van der Waals surface area (Å²) in [7, 11) is 0. The molecular weight excluding hydrogens is 238 g/mol. The van der Waals surface area contributed by atoms with Crippen molar-refractivity contribution in [3.05, 3.63) is 58.8 Å². The molecule has 19 heavy (non-hydrogen) atoms. The van der Waals surface area contributed by atoms with E-state index in [1.54, 1.807) is 12.1 Å². The molecule has 0 radical (unpaired) electrons. The van der Waals surface area contributed by atoms with E-state index < -0.39 is 0 Å². The summed E-state index contributed by atoms with van der Waals surface area (Å²) in [4.78, 5) is 0. The van der Waals surface area contributed by atoms with Crippen molar-refractivity contribution >= 4 is 5.76 Å². The fraction of sp³-hybridized carbons (Fsp3) is 0.250. The number of nitrogens with one attached hydrogen (secondary N) is 1. The van der Waals surface area contributed by atoms with Gasteiger partial charge in [0.25, 0.3) is 0 Å². The third-order valence-electron chi connectivity index (χ3n) is 3.46. The molecule has 2 heterocycles. The van der Waals surface area contributed by atoms with Crippen LogP contribution < -0.4 is 5.32 Å². The Labute approximate surface area is 112 Å². The number of phenolic OH excluding ortho intramolecular Hbond substituents is 1. The molecule has 0 fully saturated rings. The van der Waals surface area contributed by atoms with E-state index in [1.807, 2.05) is 12.1 Å². The minimum absolute atomic E-state index is 0.257. The largest absolute Gasteiger partial charge is 0.508 e. The monoisotopic (exact) mass is 255 g/mol. The van der Waals surface area contributed by atoms with Crippen LogP contribution in [0.1, 0.15) is 19.4 Å². The number of dihydropyridines is 1. The number of hydrogen-bond acceptors (Lipinski definition) is 3. The fourth-order valence-electron chi connectivity index (χ4n) is 2.54. The van der Waals surface area contributed by atoms with Crippen LogP contribution >= 0.6 is 0 Å². The van der Waals surface area contributed by atoms with Gasteiger partial charge in [-0.3, -0.25) is 0 Å². The van der Waals surface area contributed by atoms with Crippen molar-refractivity contribution in [3.63, 3.8) is 0 Å². The van der Waals surface area contributed by atoms with E-state index in [9.17, 15) is 5.11 Å². The number of allylic oxidation sites excluding steroid dienone is 2. The predicted octanol–water partition coefficient (Wildman–Crippen LogP) is 2.96. The van der Waals surface area contributed by atoms with Gasteiger partial charge >= 0.3 is 0 Å². The highest BCUT2D eigenvalue weighted by molar-refractivity contribution is 5.69. The van der Waals surface area contributed by atoms with E-state index in [0.29, 0.717) is 12.6 Å². The fourth-order valence-corrected chi connectivity index (χ4v) is 2.54. The Bertz CT molecular complexity index is 611. The summed E-state index contributed by atoms with van der Waals surface area (Å²) in [5, 5.41) is 12.9. The summed E-state index contributed by atoms with van der Waals surface area (Å²) >= 11 is 0. The normalized spacial score (nSPS) is 21.9. The van der Waals surface area contributed by atoms with Crippen LogP contribution in [0.4, 0.5) is 0 Å². The lowest BCUT2D eigenvalue weighted by molar-refractivity contribution is 0.302. The van der Waals surface area contributed by atoms with Gasteiger partial charge < -0.3 is 15.2 Å². The minimum Gasteiger partial charge on any atom is -0.508 e. The molecular formula is C16H17NO2. The Morgan fingerprint density at radius 1 is 1.37 bits per heavy atom. The van der Waals surface area contributed by atoms with Crippen molar-refractivity contribution in [2.45, 2.75) is 19.9 Å². The molecule has 2 N–H and O–H groups in total. The zero-order valence-electron chi connectivity index (χ0n) is 11.1. The zero-order chi connectivity index (χ0) is 13.4. The van der Waals surface area contributed by atoms with Gasteiger partial charge in [0.05, 0.1) is 0 Å². The molecule has 0 bridgehead atoms. The summed E-state index contributed by atoms with van der Waals surface area (Å²) in [6, 6.07) is 7.48. The maximum Gasteiger partial charge on any atom is 0.127 e. The molecule has 1 aromatic rings. The van der Waals surface area contributed by atoms with Crippen LogP contribution in [0.3, 0.4) is 0 Å². The maximum atomic E-state index is 9.54. The van der Waals surface area contributed by atoms with E-state index >= 15 is 0 Å². The molecule has 3 nitrogen and oxygen atoms in total. The second kappa shape index (κ2) is 4.50. The zero-order valence-corrected chi connectivity index (χ0v) is 11.1. The number of aromatic hydroxyl groups is 1. The quantitative estimate of drug-likeness (QED) is 0.810. The van der Waals surface area contributed by atoms with Gasteiger partial charge in [-0.05, 0) is 37.6 Å². The summed E-state index contributed by atoms with van der Waals surface area (Å²) in [6.45, 7) is 4.78. The number of benzene rings is 1. The molecule has 3 heteroatoms. The molecule has 0 aromatic heterocycles. The van der Waals surface area contributed by atoms with Gasteiger partial charge in [0.15, 0.2) is 0 Å². The number of phenols is 1. The van der Waals surface area contributed by atoms with Crippen molar-refractivity contribution in [2.24, 2.45) is 0 Å². The van der Waals surface area contributed by atoms with Crippen LogP contribution in [0.2, 0.25) is 0 Å². The first kappa shape index (κ1) is 11.9. The molecule has 3 rings (SSSR count). The summed E-state index contributed by atoms with van der Waals surface area (Å²) < 4.78 is 5.81. The SMILES string of the molecule is CC1=C2COC(c3cccc(O)c3)=CC2=CC(C)N1. The first-order valence-electron chi connectivity index (χ1n) is 6.46. The van der Waals surface area contributed by atoms with Crippen LogP contribution in [0.15, 0.2) is 53.3 Å². The average Bonchev–Trinajstić information content (AvgIpc) is 2.37. The first-order chi connectivity index (χ1) is 9.13. The minimum atomic E-state index is 0.257. The Morgan fingerprint density at radius 3 is 3.00 bits per heavy atom. The lowest BCUT2D eigenvalue weighted by Gasteiger charge is -2.28. The summed E-state index contributed by atoms with van der Waals surface area (Å²) in [5.74, 6) is 1.07. The molecule has 0 saturated carbocycles. The molecule has 1 atom stereocenters. The molecule has 0 aliphatic carbocycles. The van der Waals surface area contributed by atoms with Crippen molar-refractivity contribution in [1.82, 2.24) is 5.32 Å². The van der Waals surface area contributed by atoms with Gasteiger partial charge in [-0.25, -0.2) is 0 Å². The van der Waals surface area contributed by atoms with Gasteiger partial charge in [0, 0.05) is 22.9 Å². The molecule has 1 unspecified atom stereocenters. The second-order valence-electron chi connectivity index (χ2n) is 5.01. The summed E-state index contributed by atoms with van der Waals surface area (Å²) in [5.41, 5.74) is 4.51. The average molecular weight is 255 g/mol. The van der Waals surface area contributed by atoms with Crippen LogP contribution in [0.5, 0.6) is 5.75 Å². The molecule has 98 valence electrons. The summed E-state index contributed by atoms with van der Waals surface area (Å²) in [6.07, 6.45) is 4.25. The van der Waals surface area contributed by atoms with Gasteiger partial charge in [0.2, 0.25) is 0 Å². The number of fused-ring (bicyclic) bond motifs is 1. The van der Waals surface area contributed by atoms with E-state index in [2.05, 4.69) is 31.3 Å². The van der Waals surface area contributed by atoms with E-state index in [4.69, 9.17) is 4.74 Å². The number of ether oxygens (including phenoxy) is 1. The van der Waals surface area contributed by atoms with Crippen LogP contribution in [0, 0.1) is 0 Å². The number of hydrogen-bond donors (Lipinski definition) is 2. The highest BCUT2D eigenvalue weighted by Gasteiger charge is 2.21. The smallest absolute Gasteiger partial charge is 0.127 e. The van der Waals surface area contributed by atoms with Gasteiger partial charge in [-0.1, -0.05) is 18.2 Å². The second-order valence-corrected chi connectivity index (χ2v) is 5.01. The number of rotatable bonds is 1. The van der Waals surface area contributed by atoms with Crippen molar-refractivity contribution in [2.75, 3.05) is 6.61 Å². The topological polar surface area (TPSA) is 41.5 Å². The molecule has 2 aliphatic heterocycles. The molecule has 0 saturated heterocycles. The highest BCUT2D eigenvalue weighted by atomic mass is 16.5. The predicted molar refractivity (Wildman–Crippen MR) is 75.4 cm³/mol. The van der Waals surface area contributed by atoms with Gasteiger partial charge in [-0.2, -0.15) is 0 Å². The van der Waals surface area contributed by atoms with E-state index in [0.717, 1.165) is 11.3 Å². The molecule has 1 aromatic carbocycles. The van der Waals surface area contributed by atoms with Crippen LogP contribution in [-0.2, 0) is 4.74 Å². The lowest BCUT2D eigenvalue weighted by Crippen LogP contribution is -2.29. The van der Waals surface area contributed by atoms with Crippen molar-refractivity contribution < 1.29 is 9.84 Å². The highest BCUT2D eigenvalue weighted by Crippen LogP contribution is 2.32. The standard InChI is InChI=1S/C16H17NO2/c1-10-6-13-8-16(12-4-3-5-14(18)7-12)19-9-15(13)11(2)17-10/h3-8,10,17-18H,9H2,1-2H3. The van der Waals surface area contributed by atoms with Crippen LogP contribution in [-0.4, -0.2) is 17.8 Å². The molecule has 2 aliphatic rings. The lowest BCUT2D eigenvalue weighted by atomic mass is 9.95. The Kier molecular flexibility index (Phi) is 2.82. The van der Waals surface area contributed by atoms with E-state index in [1.165, 1.54) is 16.8 Å². The van der Waals surface area contributed by atoms with Gasteiger partial charge in [-0.15, -0.1) is 0 Å². The Hall–Kier alpha value is -2.16. The Morgan fingerprint density at radius 2 is 2.21 bits per heavy atom. The third-order valence-corrected chi connectivity index (χ3v) is 3.46. The van der Waals surface area contributed by atoms with Crippen LogP contribution in [0.25, 0.3) is 5.76 Å². The van der Waals surface area contributed by atoms with Gasteiger partial charge in [0.1, 0.15) is 18.1 Å².